The molecule has 4 atom stereocenters. The zero-order valence-electron chi connectivity index (χ0n) is 27.2. The van der Waals surface area contributed by atoms with Gasteiger partial charge in [-0.3, -0.25) is 9.78 Å². The van der Waals surface area contributed by atoms with Crippen molar-refractivity contribution in [2.75, 3.05) is 6.54 Å². The molecule has 240 valence electrons. The number of amides is 1. The van der Waals surface area contributed by atoms with Crippen LogP contribution in [0.2, 0.25) is 0 Å². The standard InChI is InChI=1S/C37H54N4O3/c1-4-31(34-18-26-41(27-19-34)22-10-6-8-12-36(42)39-5-2)29-35(33-14-20-38-21-15-33)28-30(3)32-16-24-40(25-17-32)23-11-7-9-13-37(43)44/h14-21,24-27,30-31,35,37,43H,4-13,22-23,28-29H2,1-3H3/p+1. The van der Waals surface area contributed by atoms with Gasteiger partial charge < -0.3 is 15.5 Å². The Morgan fingerprint density at radius 2 is 1.36 bits per heavy atom. The highest BCUT2D eigenvalue weighted by Crippen LogP contribution is 2.38. The summed E-state index contributed by atoms with van der Waals surface area (Å²) in [6, 6.07) is 13.5. The van der Waals surface area contributed by atoms with Gasteiger partial charge in [0.25, 0.3) is 0 Å². The van der Waals surface area contributed by atoms with Crippen molar-refractivity contribution < 1.29 is 24.1 Å². The van der Waals surface area contributed by atoms with Crippen molar-refractivity contribution in [3.63, 3.8) is 0 Å². The van der Waals surface area contributed by atoms with E-state index in [-0.39, 0.29) is 5.91 Å². The number of unbranched alkanes of at least 4 members (excludes halogenated alkanes) is 4. The summed E-state index contributed by atoms with van der Waals surface area (Å²) in [6.07, 6.45) is 21.2. The Labute approximate surface area is 265 Å². The molecule has 0 saturated heterocycles. The third kappa shape index (κ3) is 12.8. The number of carbonyl (C=O) groups excluding carboxylic acids is 1. The molecule has 7 nitrogen and oxygen atoms in total. The number of rotatable bonds is 21. The van der Waals surface area contributed by atoms with E-state index in [0.717, 1.165) is 70.9 Å². The van der Waals surface area contributed by atoms with Crippen LogP contribution in [0.25, 0.3) is 0 Å². The Balaban J connectivity index is 1.56. The zero-order chi connectivity index (χ0) is 31.6. The largest absolute Gasteiger partial charge is 0.831 e. The first-order valence-corrected chi connectivity index (χ1v) is 16.9. The number of nitrogens with zero attached hydrogens (tertiary/aromatic N) is 3. The number of carbonyl (C=O) groups is 1. The van der Waals surface area contributed by atoms with Gasteiger partial charge >= 0.3 is 0 Å². The molecule has 0 spiro atoms. The van der Waals surface area contributed by atoms with Gasteiger partial charge in [-0.2, -0.15) is 0 Å². The minimum Gasteiger partial charge on any atom is -0.831 e. The number of hydrogen-bond donors (Lipinski definition) is 2. The molecule has 0 aromatic carbocycles. The van der Waals surface area contributed by atoms with Gasteiger partial charge in [0.1, 0.15) is 13.1 Å². The molecule has 3 aromatic rings. The van der Waals surface area contributed by atoms with Crippen LogP contribution >= 0.6 is 0 Å². The summed E-state index contributed by atoms with van der Waals surface area (Å²) >= 11 is 0. The highest BCUT2D eigenvalue weighted by Gasteiger charge is 2.23. The average Bonchev–Trinajstić information content (AvgIpc) is 3.03. The molecular formula is C37H55N4O3+. The lowest BCUT2D eigenvalue weighted by Gasteiger charge is -2.26. The van der Waals surface area contributed by atoms with Crippen molar-refractivity contribution in [2.24, 2.45) is 0 Å². The molecular weight excluding hydrogens is 548 g/mol. The number of pyridine rings is 3. The van der Waals surface area contributed by atoms with Gasteiger partial charge in [0.05, 0.1) is 0 Å². The Hall–Kier alpha value is -3.16. The number of aliphatic hydroxyl groups is 1. The van der Waals surface area contributed by atoms with Crippen LogP contribution in [0.1, 0.15) is 126 Å². The van der Waals surface area contributed by atoms with Gasteiger partial charge in [0.15, 0.2) is 24.8 Å². The van der Waals surface area contributed by atoms with Crippen LogP contribution < -0.4 is 19.6 Å². The van der Waals surface area contributed by atoms with Crippen molar-refractivity contribution in [2.45, 2.75) is 129 Å². The molecule has 0 aliphatic rings. The van der Waals surface area contributed by atoms with Gasteiger partial charge in [0, 0.05) is 62.5 Å². The number of aromatic nitrogens is 3. The van der Waals surface area contributed by atoms with Crippen LogP contribution in [0, 0.1) is 0 Å². The summed E-state index contributed by atoms with van der Waals surface area (Å²) in [5.74, 6) is 1.49. The molecule has 0 radical (unpaired) electrons. The molecule has 0 saturated carbocycles. The maximum absolute atomic E-state index is 11.6. The second-order valence-corrected chi connectivity index (χ2v) is 12.3. The van der Waals surface area contributed by atoms with E-state index in [2.05, 4.69) is 94.5 Å². The second-order valence-electron chi connectivity index (χ2n) is 12.3. The average molecular weight is 604 g/mol. The third-order valence-electron chi connectivity index (χ3n) is 8.81. The number of nitrogens with one attached hydrogen (secondary N) is 1. The van der Waals surface area contributed by atoms with Crippen LogP contribution in [-0.4, -0.2) is 28.8 Å². The summed E-state index contributed by atoms with van der Waals surface area (Å²) in [6.45, 7) is 9.20. The first-order chi connectivity index (χ1) is 21.4. The Morgan fingerprint density at radius 1 is 0.795 bits per heavy atom. The quantitative estimate of drug-likeness (QED) is 0.0962. The molecule has 0 aliphatic carbocycles. The zero-order valence-corrected chi connectivity index (χ0v) is 27.2. The van der Waals surface area contributed by atoms with E-state index in [4.69, 9.17) is 5.11 Å². The molecule has 0 bridgehead atoms. The smallest absolute Gasteiger partial charge is 0.219 e. The molecule has 44 heavy (non-hydrogen) atoms. The van der Waals surface area contributed by atoms with E-state index in [1.807, 2.05) is 19.3 Å². The van der Waals surface area contributed by atoms with E-state index >= 15 is 0 Å². The summed E-state index contributed by atoms with van der Waals surface area (Å²) < 4.78 is 4.48. The van der Waals surface area contributed by atoms with E-state index in [1.54, 1.807) is 0 Å². The van der Waals surface area contributed by atoms with E-state index < -0.39 is 6.29 Å². The fourth-order valence-electron chi connectivity index (χ4n) is 6.12. The van der Waals surface area contributed by atoms with Gasteiger partial charge in [-0.15, -0.1) is 0 Å². The minimum absolute atomic E-state index is 0.158. The van der Waals surface area contributed by atoms with E-state index in [1.165, 1.54) is 16.7 Å². The number of aliphatic hydroxyl groups excluding tert-OH is 1. The molecule has 3 heterocycles. The Kier molecular flexibility index (Phi) is 16.0. The van der Waals surface area contributed by atoms with Gasteiger partial charge in [-0.05, 0) is 105 Å². The topological polar surface area (TPSA) is 93.0 Å². The number of hydrogen-bond acceptors (Lipinski definition) is 4. The van der Waals surface area contributed by atoms with Crippen LogP contribution in [0.3, 0.4) is 0 Å². The first-order valence-electron chi connectivity index (χ1n) is 16.9. The van der Waals surface area contributed by atoms with Gasteiger partial charge in [-0.1, -0.05) is 20.3 Å². The fourth-order valence-corrected chi connectivity index (χ4v) is 6.12. The second kappa shape index (κ2) is 20.0. The molecule has 0 aliphatic heterocycles. The molecule has 2 N–H and O–H groups in total. The van der Waals surface area contributed by atoms with Gasteiger partial charge in [0.2, 0.25) is 5.91 Å². The van der Waals surface area contributed by atoms with Crippen molar-refractivity contribution >= 4 is 5.91 Å². The molecule has 4 unspecified atom stereocenters. The Bertz CT molecular complexity index is 1190. The van der Waals surface area contributed by atoms with Gasteiger partial charge in [-0.25, -0.2) is 9.13 Å². The maximum Gasteiger partial charge on any atom is 0.219 e. The highest BCUT2D eigenvalue weighted by atomic mass is 16.5. The fraction of sp³-hybridized carbons (Fsp3) is 0.568. The van der Waals surface area contributed by atoms with Crippen molar-refractivity contribution in [3.05, 3.63) is 90.3 Å². The summed E-state index contributed by atoms with van der Waals surface area (Å²) in [4.78, 5) is 15.9. The summed E-state index contributed by atoms with van der Waals surface area (Å²) in [7, 11) is 0. The lowest BCUT2D eigenvalue weighted by atomic mass is 9.79. The predicted octanol–water partition coefficient (Wildman–Crippen LogP) is 5.45. The van der Waals surface area contributed by atoms with Crippen LogP contribution in [0.15, 0.2) is 73.6 Å². The Morgan fingerprint density at radius 3 is 1.93 bits per heavy atom. The van der Waals surface area contributed by atoms with Crippen LogP contribution in [0.4, 0.5) is 0 Å². The summed E-state index contributed by atoms with van der Waals surface area (Å²) in [5, 5.41) is 22.6. The lowest BCUT2D eigenvalue weighted by Crippen LogP contribution is -2.32. The minimum atomic E-state index is -1.44. The number of aryl methyl sites for hydroxylation is 2. The summed E-state index contributed by atoms with van der Waals surface area (Å²) in [5.41, 5.74) is 4.12. The van der Waals surface area contributed by atoms with E-state index in [9.17, 15) is 9.90 Å². The van der Waals surface area contributed by atoms with Crippen LogP contribution in [0.5, 0.6) is 0 Å². The lowest BCUT2D eigenvalue weighted by molar-refractivity contribution is -0.697. The SMILES string of the molecule is CCNC(=O)CCCCC[n+]1ccc(C(CC)CC(CC(C)c2cc[n+](CCCCCC([O-])O)cc2)c2ccncc2)cc1. The van der Waals surface area contributed by atoms with Crippen molar-refractivity contribution in [1.82, 2.24) is 10.3 Å². The highest BCUT2D eigenvalue weighted by molar-refractivity contribution is 5.75. The first kappa shape index (κ1) is 35.3. The molecule has 7 heteroatoms. The van der Waals surface area contributed by atoms with E-state index in [0.29, 0.717) is 37.1 Å². The monoisotopic (exact) mass is 603 g/mol. The predicted molar refractivity (Wildman–Crippen MR) is 173 cm³/mol. The molecule has 0 fully saturated rings. The third-order valence-corrected chi connectivity index (χ3v) is 8.81. The van der Waals surface area contributed by atoms with Crippen molar-refractivity contribution in [1.29, 1.82) is 0 Å². The molecule has 3 rings (SSSR count). The maximum atomic E-state index is 11.6. The van der Waals surface area contributed by atoms with Crippen LogP contribution in [-0.2, 0) is 17.9 Å². The molecule has 3 aromatic heterocycles. The normalized spacial score (nSPS) is 14.1. The molecule has 1 amide bonds. The van der Waals surface area contributed by atoms with Crippen molar-refractivity contribution in [3.8, 4) is 0 Å².